The summed E-state index contributed by atoms with van der Waals surface area (Å²) in [4.78, 5) is 0. The minimum Gasteiger partial charge on any atom is -0.396 e. The van der Waals surface area contributed by atoms with Gasteiger partial charge in [-0.05, 0) is 37.0 Å². The van der Waals surface area contributed by atoms with Crippen LogP contribution in [-0.4, -0.2) is 9.78 Å². The second kappa shape index (κ2) is 3.87. The zero-order chi connectivity index (χ0) is 10.9. The third kappa shape index (κ3) is 2.74. The molecular weight excluding hydrogens is 186 g/mol. The third-order valence-corrected chi connectivity index (χ3v) is 3.56. The van der Waals surface area contributed by atoms with Gasteiger partial charge in [0.2, 0.25) is 0 Å². The predicted molar refractivity (Wildman–Crippen MR) is 62.4 cm³/mol. The Morgan fingerprint density at radius 3 is 2.67 bits per heavy atom. The van der Waals surface area contributed by atoms with Gasteiger partial charge in [-0.25, -0.2) is 0 Å². The Morgan fingerprint density at radius 1 is 1.47 bits per heavy atom. The van der Waals surface area contributed by atoms with Crippen molar-refractivity contribution >= 4 is 5.69 Å². The molecule has 0 aromatic carbocycles. The largest absolute Gasteiger partial charge is 0.396 e. The maximum atomic E-state index is 5.64. The molecule has 0 saturated heterocycles. The smallest absolute Gasteiger partial charge is 0.0719 e. The summed E-state index contributed by atoms with van der Waals surface area (Å²) in [5.41, 5.74) is 6.97. The molecule has 15 heavy (non-hydrogen) atoms. The Bertz CT molecular complexity index is 317. The molecule has 0 atom stereocenters. The van der Waals surface area contributed by atoms with Crippen LogP contribution in [0.1, 0.15) is 39.5 Å². The Kier molecular flexibility index (Phi) is 2.72. The average Bonchev–Trinajstić information content (AvgIpc) is 2.55. The number of nitrogen functional groups attached to an aromatic ring is 1. The van der Waals surface area contributed by atoms with Gasteiger partial charge in [0.05, 0.1) is 11.9 Å². The molecule has 0 unspecified atom stereocenters. The Labute approximate surface area is 91.7 Å². The molecule has 2 rings (SSSR count). The highest BCUT2D eigenvalue weighted by molar-refractivity contribution is 5.30. The summed E-state index contributed by atoms with van der Waals surface area (Å²) in [6.07, 6.45) is 8.99. The monoisotopic (exact) mass is 207 g/mol. The van der Waals surface area contributed by atoms with Gasteiger partial charge in [0.15, 0.2) is 0 Å². The molecule has 0 spiro atoms. The number of nitrogens with zero attached hydrogens (tertiary/aromatic N) is 2. The molecule has 1 heterocycles. The van der Waals surface area contributed by atoms with E-state index >= 15 is 0 Å². The third-order valence-electron chi connectivity index (χ3n) is 3.56. The second-order valence-corrected chi connectivity index (χ2v) is 5.60. The van der Waals surface area contributed by atoms with Crippen molar-refractivity contribution in [2.24, 2.45) is 11.3 Å². The lowest BCUT2D eigenvalue weighted by Gasteiger charge is -2.34. The highest BCUT2D eigenvalue weighted by Crippen LogP contribution is 2.38. The van der Waals surface area contributed by atoms with Crippen molar-refractivity contribution in [3.63, 3.8) is 0 Å². The van der Waals surface area contributed by atoms with E-state index in [1.54, 1.807) is 6.20 Å². The molecular formula is C12H21N3. The van der Waals surface area contributed by atoms with Crippen LogP contribution in [0.4, 0.5) is 5.69 Å². The first-order valence-corrected chi connectivity index (χ1v) is 5.83. The van der Waals surface area contributed by atoms with Crippen molar-refractivity contribution in [1.82, 2.24) is 9.78 Å². The lowest BCUT2D eigenvalue weighted by Crippen LogP contribution is -2.24. The van der Waals surface area contributed by atoms with Gasteiger partial charge in [-0.2, -0.15) is 5.10 Å². The molecule has 1 aliphatic rings. The summed E-state index contributed by atoms with van der Waals surface area (Å²) in [5.74, 6) is 0.789. The van der Waals surface area contributed by atoms with Crippen molar-refractivity contribution in [3.8, 4) is 0 Å². The molecule has 0 amide bonds. The number of anilines is 1. The molecule has 1 aromatic heterocycles. The second-order valence-electron chi connectivity index (χ2n) is 5.60. The van der Waals surface area contributed by atoms with Crippen LogP contribution in [0.5, 0.6) is 0 Å². The van der Waals surface area contributed by atoms with Crippen molar-refractivity contribution in [1.29, 1.82) is 0 Å². The average molecular weight is 207 g/mol. The van der Waals surface area contributed by atoms with E-state index < -0.39 is 0 Å². The van der Waals surface area contributed by atoms with Crippen LogP contribution in [0, 0.1) is 11.3 Å². The first-order valence-electron chi connectivity index (χ1n) is 5.83. The van der Waals surface area contributed by atoms with E-state index in [0.29, 0.717) is 5.41 Å². The zero-order valence-corrected chi connectivity index (χ0v) is 9.74. The van der Waals surface area contributed by atoms with E-state index in [1.165, 1.54) is 25.7 Å². The van der Waals surface area contributed by atoms with Crippen molar-refractivity contribution in [2.75, 3.05) is 5.73 Å². The standard InChI is InChI=1S/C12H21N3/c1-12(2)5-3-10(4-6-12)8-15-9-11(13)7-14-15/h7,9-10H,3-6,8,13H2,1-2H3. The molecule has 1 aliphatic carbocycles. The number of rotatable bonds is 2. The lowest BCUT2D eigenvalue weighted by molar-refractivity contribution is 0.176. The lowest BCUT2D eigenvalue weighted by atomic mass is 9.73. The van der Waals surface area contributed by atoms with E-state index in [1.807, 2.05) is 10.9 Å². The van der Waals surface area contributed by atoms with Gasteiger partial charge in [-0.15, -0.1) is 0 Å². The molecule has 1 fully saturated rings. The molecule has 3 nitrogen and oxygen atoms in total. The molecule has 3 heteroatoms. The van der Waals surface area contributed by atoms with E-state index in [2.05, 4.69) is 18.9 Å². The van der Waals surface area contributed by atoms with E-state index in [0.717, 1.165) is 18.2 Å². The highest BCUT2D eigenvalue weighted by Gasteiger charge is 2.26. The summed E-state index contributed by atoms with van der Waals surface area (Å²) in [6, 6.07) is 0. The van der Waals surface area contributed by atoms with Crippen LogP contribution in [0.3, 0.4) is 0 Å². The van der Waals surface area contributed by atoms with E-state index in [-0.39, 0.29) is 0 Å². The Morgan fingerprint density at radius 2 is 2.13 bits per heavy atom. The highest BCUT2D eigenvalue weighted by atomic mass is 15.3. The van der Waals surface area contributed by atoms with Gasteiger partial charge in [-0.1, -0.05) is 13.8 Å². The van der Waals surface area contributed by atoms with Gasteiger partial charge in [0, 0.05) is 12.7 Å². The van der Waals surface area contributed by atoms with Crippen molar-refractivity contribution in [3.05, 3.63) is 12.4 Å². The maximum Gasteiger partial charge on any atom is 0.0719 e. The molecule has 2 N–H and O–H groups in total. The van der Waals surface area contributed by atoms with Crippen LogP contribution in [0.15, 0.2) is 12.4 Å². The van der Waals surface area contributed by atoms with Gasteiger partial charge in [-0.3, -0.25) is 4.68 Å². The minimum atomic E-state index is 0.555. The first kappa shape index (κ1) is 10.5. The van der Waals surface area contributed by atoms with Gasteiger partial charge < -0.3 is 5.73 Å². The zero-order valence-electron chi connectivity index (χ0n) is 9.74. The SMILES string of the molecule is CC1(C)CCC(Cn2cc(N)cn2)CC1. The van der Waals surface area contributed by atoms with E-state index in [4.69, 9.17) is 5.73 Å². The van der Waals surface area contributed by atoms with Crippen LogP contribution in [0.25, 0.3) is 0 Å². The van der Waals surface area contributed by atoms with Crippen LogP contribution in [-0.2, 0) is 6.54 Å². The summed E-state index contributed by atoms with van der Waals surface area (Å²) in [6.45, 7) is 5.78. The van der Waals surface area contributed by atoms with Gasteiger partial charge in [0.25, 0.3) is 0 Å². The number of hydrogen-bond donors (Lipinski definition) is 1. The van der Waals surface area contributed by atoms with Gasteiger partial charge >= 0.3 is 0 Å². The predicted octanol–water partition coefficient (Wildman–Crippen LogP) is 2.68. The minimum absolute atomic E-state index is 0.555. The van der Waals surface area contributed by atoms with Crippen LogP contribution < -0.4 is 5.73 Å². The summed E-state index contributed by atoms with van der Waals surface area (Å²) in [7, 11) is 0. The van der Waals surface area contributed by atoms with E-state index in [9.17, 15) is 0 Å². The Balaban J connectivity index is 1.87. The summed E-state index contributed by atoms with van der Waals surface area (Å²) >= 11 is 0. The van der Waals surface area contributed by atoms with Crippen molar-refractivity contribution in [2.45, 2.75) is 46.1 Å². The van der Waals surface area contributed by atoms with Crippen LogP contribution >= 0.6 is 0 Å². The fourth-order valence-corrected chi connectivity index (χ4v) is 2.39. The number of aromatic nitrogens is 2. The molecule has 1 saturated carbocycles. The number of hydrogen-bond acceptors (Lipinski definition) is 2. The fraction of sp³-hybridized carbons (Fsp3) is 0.750. The number of nitrogens with two attached hydrogens (primary N) is 1. The molecule has 0 radical (unpaired) electrons. The topological polar surface area (TPSA) is 43.8 Å². The van der Waals surface area contributed by atoms with Crippen molar-refractivity contribution < 1.29 is 0 Å². The quantitative estimate of drug-likeness (QED) is 0.810. The normalized spacial score (nSPS) is 21.7. The Hall–Kier alpha value is -0.990. The van der Waals surface area contributed by atoms with Gasteiger partial charge in [0.1, 0.15) is 0 Å². The molecule has 0 bridgehead atoms. The van der Waals surface area contributed by atoms with Crippen LogP contribution in [0.2, 0.25) is 0 Å². The molecule has 1 aromatic rings. The maximum absolute atomic E-state index is 5.64. The molecule has 0 aliphatic heterocycles. The fourth-order valence-electron chi connectivity index (χ4n) is 2.39. The molecule has 84 valence electrons. The summed E-state index contributed by atoms with van der Waals surface area (Å²) in [5, 5.41) is 4.24. The summed E-state index contributed by atoms with van der Waals surface area (Å²) < 4.78 is 1.98. The first-order chi connectivity index (χ1) is 7.05.